The lowest BCUT2D eigenvalue weighted by molar-refractivity contribution is -0.961. The van der Waals surface area contributed by atoms with Gasteiger partial charge in [0.05, 0.1) is 25.7 Å². The number of aliphatic hydroxyl groups is 1. The molecule has 2 unspecified atom stereocenters. The highest BCUT2D eigenvalue weighted by atomic mass is 16.5. The van der Waals surface area contributed by atoms with Crippen LogP contribution < -0.4 is 0 Å². The van der Waals surface area contributed by atoms with Crippen molar-refractivity contribution in [3.63, 3.8) is 0 Å². The summed E-state index contributed by atoms with van der Waals surface area (Å²) in [5.74, 6) is -0.907. The first-order chi connectivity index (χ1) is 16.6. The number of quaternary nitrogens is 1. The van der Waals surface area contributed by atoms with Gasteiger partial charge in [-0.15, -0.1) is 0 Å². The summed E-state index contributed by atoms with van der Waals surface area (Å²) in [6.07, 6.45) is 4.09. The molecule has 2 aliphatic rings. The molecular weight excluding hydrogens is 422 g/mol. The molecule has 2 bridgehead atoms. The summed E-state index contributed by atoms with van der Waals surface area (Å²) < 4.78 is 7.01. The van der Waals surface area contributed by atoms with Crippen molar-refractivity contribution < 1.29 is 19.1 Å². The molecule has 176 valence electrons. The van der Waals surface area contributed by atoms with Crippen molar-refractivity contribution in [2.45, 2.75) is 56.3 Å². The van der Waals surface area contributed by atoms with E-state index in [4.69, 9.17) is 4.74 Å². The second-order valence-electron chi connectivity index (χ2n) is 10.1. The van der Waals surface area contributed by atoms with Crippen molar-refractivity contribution in [3.05, 3.63) is 96.1 Å². The van der Waals surface area contributed by atoms with E-state index in [0.29, 0.717) is 12.1 Å². The van der Waals surface area contributed by atoms with Gasteiger partial charge >= 0.3 is 5.97 Å². The van der Waals surface area contributed by atoms with Crippen LogP contribution in [0.25, 0.3) is 11.1 Å². The normalized spacial score (nSPS) is 26.7. The number of hydrogen-bond acceptors (Lipinski definition) is 3. The topological polar surface area (TPSA) is 46.5 Å². The third-order valence-electron chi connectivity index (χ3n) is 8.11. The summed E-state index contributed by atoms with van der Waals surface area (Å²) in [5.41, 5.74) is 4.67. The molecule has 0 spiro atoms. The summed E-state index contributed by atoms with van der Waals surface area (Å²) >= 11 is 0. The molecular formula is C30H34NO3+. The summed E-state index contributed by atoms with van der Waals surface area (Å²) in [7, 11) is 2.38. The molecule has 34 heavy (non-hydrogen) atoms. The van der Waals surface area contributed by atoms with Gasteiger partial charge in [-0.25, -0.2) is 0 Å². The number of aliphatic hydroxyl groups excluding tert-OH is 1. The van der Waals surface area contributed by atoms with Crippen LogP contribution >= 0.6 is 0 Å². The van der Waals surface area contributed by atoms with Gasteiger partial charge in [0, 0.05) is 31.2 Å². The third kappa shape index (κ3) is 4.53. The summed E-state index contributed by atoms with van der Waals surface area (Å²) in [6.45, 7) is 0.781. The van der Waals surface area contributed by atoms with Crippen LogP contribution in [0.4, 0.5) is 0 Å². The molecule has 3 aromatic carbocycles. The highest BCUT2D eigenvalue weighted by Crippen LogP contribution is 2.44. The van der Waals surface area contributed by atoms with E-state index < -0.39 is 5.92 Å². The van der Waals surface area contributed by atoms with Crippen molar-refractivity contribution in [2.24, 2.45) is 0 Å². The minimum atomic E-state index is -0.607. The van der Waals surface area contributed by atoms with Crippen LogP contribution in [0.3, 0.4) is 0 Å². The van der Waals surface area contributed by atoms with Gasteiger partial charge in [0.15, 0.2) is 0 Å². The molecule has 5 atom stereocenters. The van der Waals surface area contributed by atoms with Crippen molar-refractivity contribution >= 4 is 5.97 Å². The molecule has 2 heterocycles. The number of piperidine rings is 1. The zero-order chi connectivity index (χ0) is 23.5. The lowest BCUT2D eigenvalue weighted by Gasteiger charge is -2.47. The van der Waals surface area contributed by atoms with Crippen molar-refractivity contribution in [1.29, 1.82) is 0 Å². The van der Waals surface area contributed by atoms with Crippen LogP contribution in [0.1, 0.15) is 42.7 Å². The molecule has 3 aromatic rings. The van der Waals surface area contributed by atoms with Gasteiger partial charge < -0.3 is 14.3 Å². The fourth-order valence-corrected chi connectivity index (χ4v) is 6.12. The van der Waals surface area contributed by atoms with Gasteiger partial charge in [0.25, 0.3) is 0 Å². The minimum Gasteiger partial charge on any atom is -0.461 e. The standard InChI is InChI=1S/C30H34NO3/c1-31(20-22-12-14-24(15-13-22)23-8-4-2-5-9-23)26-16-17-27(31)19-28(18-26)34-30(33)29(21-32)25-10-6-3-7-11-25/h2-15,26-29,32H,16-21H2,1H3/q+1/t26-,27+,28?,29-,31?/m0/s1. The van der Waals surface area contributed by atoms with Gasteiger partial charge in [-0.3, -0.25) is 4.79 Å². The number of hydrogen-bond donors (Lipinski definition) is 1. The molecule has 0 aliphatic carbocycles. The Morgan fingerprint density at radius 1 is 0.882 bits per heavy atom. The Bertz CT molecular complexity index is 1080. The van der Waals surface area contributed by atoms with E-state index in [1.54, 1.807) is 0 Å². The Labute approximate surface area is 202 Å². The van der Waals surface area contributed by atoms with Crippen LogP contribution in [0.5, 0.6) is 0 Å². The van der Waals surface area contributed by atoms with Crippen LogP contribution in [0.2, 0.25) is 0 Å². The van der Waals surface area contributed by atoms with Crippen molar-refractivity contribution in [2.75, 3.05) is 13.7 Å². The van der Waals surface area contributed by atoms with Gasteiger partial charge in [-0.1, -0.05) is 84.9 Å². The second kappa shape index (κ2) is 9.73. The number of fused-ring (bicyclic) bond motifs is 2. The summed E-state index contributed by atoms with van der Waals surface area (Å²) in [4.78, 5) is 12.9. The molecule has 0 radical (unpaired) electrons. The van der Waals surface area contributed by atoms with E-state index in [2.05, 4.69) is 55.6 Å². The molecule has 4 heteroatoms. The lowest BCUT2D eigenvalue weighted by atomic mass is 9.94. The summed E-state index contributed by atoms with van der Waals surface area (Å²) in [5, 5.41) is 9.83. The molecule has 2 fully saturated rings. The smallest absolute Gasteiger partial charge is 0.316 e. The fourth-order valence-electron chi connectivity index (χ4n) is 6.12. The Balaban J connectivity index is 1.24. The predicted octanol–water partition coefficient (Wildman–Crippen LogP) is 5.31. The molecule has 1 N–H and O–H groups in total. The number of ether oxygens (including phenoxy) is 1. The number of carbonyl (C=O) groups is 1. The van der Waals surface area contributed by atoms with Gasteiger partial charge in [-0.05, 0) is 16.7 Å². The van der Waals surface area contributed by atoms with E-state index in [-0.39, 0.29) is 18.7 Å². The van der Waals surface area contributed by atoms with Crippen LogP contribution in [-0.4, -0.2) is 47.4 Å². The van der Waals surface area contributed by atoms with Crippen LogP contribution in [0.15, 0.2) is 84.9 Å². The van der Waals surface area contributed by atoms with Crippen molar-refractivity contribution in [1.82, 2.24) is 0 Å². The maximum Gasteiger partial charge on any atom is 0.316 e. The monoisotopic (exact) mass is 456 g/mol. The van der Waals surface area contributed by atoms with Gasteiger partial charge in [0.1, 0.15) is 18.6 Å². The number of rotatable bonds is 7. The average Bonchev–Trinajstić information content (AvgIpc) is 3.02. The molecule has 2 saturated heterocycles. The fraction of sp³-hybridized carbons (Fsp3) is 0.367. The minimum absolute atomic E-state index is 0.0607. The zero-order valence-corrected chi connectivity index (χ0v) is 19.8. The van der Waals surface area contributed by atoms with Gasteiger partial charge in [-0.2, -0.15) is 0 Å². The molecule has 0 saturated carbocycles. The highest BCUT2D eigenvalue weighted by molar-refractivity contribution is 5.78. The van der Waals surface area contributed by atoms with E-state index in [1.165, 1.54) is 29.5 Å². The van der Waals surface area contributed by atoms with E-state index in [1.807, 2.05) is 36.4 Å². The SMILES string of the molecule is C[N+]1(Cc2ccc(-c3ccccc3)cc2)[C@@H]2CC[C@H]1CC(OC(=O)[C@@H](CO)c1ccccc1)C2. The number of esters is 1. The first kappa shape index (κ1) is 22.8. The number of benzene rings is 3. The van der Waals surface area contributed by atoms with E-state index >= 15 is 0 Å². The Morgan fingerprint density at radius 3 is 2.03 bits per heavy atom. The molecule has 0 aromatic heterocycles. The van der Waals surface area contributed by atoms with E-state index in [0.717, 1.165) is 29.4 Å². The van der Waals surface area contributed by atoms with E-state index in [9.17, 15) is 9.90 Å². The molecule has 4 nitrogen and oxygen atoms in total. The molecule has 0 amide bonds. The molecule has 2 aliphatic heterocycles. The Morgan fingerprint density at radius 2 is 1.44 bits per heavy atom. The number of nitrogens with zero attached hydrogens (tertiary/aromatic N) is 1. The highest BCUT2D eigenvalue weighted by Gasteiger charge is 2.52. The third-order valence-corrected chi connectivity index (χ3v) is 8.11. The molecule has 5 rings (SSSR count). The summed E-state index contributed by atoms with van der Waals surface area (Å²) in [6, 6.07) is 29.9. The quantitative estimate of drug-likeness (QED) is 0.387. The first-order valence-electron chi connectivity index (χ1n) is 12.4. The lowest BCUT2D eigenvalue weighted by Crippen LogP contribution is -2.58. The Hall–Kier alpha value is -2.95. The maximum atomic E-state index is 12.9. The first-order valence-corrected chi connectivity index (χ1v) is 12.4. The van der Waals surface area contributed by atoms with Crippen LogP contribution in [-0.2, 0) is 16.1 Å². The second-order valence-corrected chi connectivity index (χ2v) is 10.1. The van der Waals surface area contributed by atoms with Crippen molar-refractivity contribution in [3.8, 4) is 11.1 Å². The number of carbonyl (C=O) groups excluding carboxylic acids is 1. The predicted molar refractivity (Wildman–Crippen MR) is 134 cm³/mol. The maximum absolute atomic E-state index is 12.9. The van der Waals surface area contributed by atoms with Crippen LogP contribution in [0, 0.1) is 0 Å². The average molecular weight is 457 g/mol. The largest absolute Gasteiger partial charge is 0.461 e. The Kier molecular flexibility index (Phi) is 6.53. The van der Waals surface area contributed by atoms with Gasteiger partial charge in [0.2, 0.25) is 0 Å². The zero-order valence-electron chi connectivity index (χ0n) is 19.8.